The molecule has 1 aromatic carbocycles. The fourth-order valence-electron chi connectivity index (χ4n) is 3.22. The predicted molar refractivity (Wildman–Crippen MR) is 141 cm³/mol. The number of Topliss-reactive ketones (excluding diaryl/α,β-unsaturated/α-hetero) is 1. The van der Waals surface area contributed by atoms with Crippen LogP contribution in [0.1, 0.15) is 15.9 Å². The van der Waals surface area contributed by atoms with Gasteiger partial charge in [-0.2, -0.15) is 9.51 Å². The molecule has 2 rings (SSSR count). The van der Waals surface area contributed by atoms with Crippen LogP contribution in [0.4, 0.5) is 0 Å². The lowest BCUT2D eigenvalue weighted by molar-refractivity contribution is -0.143. The molecule has 0 radical (unpaired) electrons. The number of nitrogens with zero attached hydrogens (tertiary/aromatic N) is 2. The normalized spacial score (nSPS) is 12.8. The molecule has 40 heavy (non-hydrogen) atoms. The molecule has 0 fully saturated rings. The van der Waals surface area contributed by atoms with Crippen molar-refractivity contribution >= 4 is 33.6 Å². The Balaban J connectivity index is 1.49. The summed E-state index contributed by atoms with van der Waals surface area (Å²) in [4.78, 5) is 26.9. The van der Waals surface area contributed by atoms with Gasteiger partial charge in [0.05, 0.1) is 77.6 Å². The van der Waals surface area contributed by atoms with Gasteiger partial charge in [0.15, 0.2) is 0 Å². The number of allylic oxidation sites excluding steroid dienone is 1. The number of esters is 1. The van der Waals surface area contributed by atoms with Crippen molar-refractivity contribution in [1.29, 1.82) is 0 Å². The number of benzene rings is 1. The summed E-state index contributed by atoms with van der Waals surface area (Å²) < 4.78 is 64.1. The number of ketones is 1. The van der Waals surface area contributed by atoms with E-state index in [9.17, 15) is 18.0 Å². The summed E-state index contributed by atoms with van der Waals surface area (Å²) in [7, 11) is -2.52. The van der Waals surface area contributed by atoms with E-state index in [0.29, 0.717) is 59.5 Å². The number of fused-ring (bicyclic) bond motifs is 1. The summed E-state index contributed by atoms with van der Waals surface area (Å²) in [6, 6.07) is 4.10. The second kappa shape index (κ2) is 19.3. The van der Waals surface area contributed by atoms with Gasteiger partial charge < -0.3 is 38.7 Å². The zero-order valence-corrected chi connectivity index (χ0v) is 23.2. The van der Waals surface area contributed by atoms with Crippen LogP contribution in [0.5, 0.6) is 0 Å². The molecule has 15 heteroatoms. The van der Waals surface area contributed by atoms with E-state index in [0.717, 1.165) is 0 Å². The molecular weight excluding hydrogens is 550 g/mol. The van der Waals surface area contributed by atoms with Crippen molar-refractivity contribution in [3.8, 4) is 0 Å². The van der Waals surface area contributed by atoms with E-state index in [2.05, 4.69) is 9.51 Å². The minimum absolute atomic E-state index is 0.0653. The monoisotopic (exact) mass is 585 g/mol. The van der Waals surface area contributed by atoms with Crippen LogP contribution in [0.2, 0.25) is 0 Å². The van der Waals surface area contributed by atoms with Gasteiger partial charge in [0.25, 0.3) is 5.78 Å². The van der Waals surface area contributed by atoms with E-state index in [-0.39, 0.29) is 41.6 Å². The van der Waals surface area contributed by atoms with Crippen molar-refractivity contribution in [1.82, 2.24) is 4.72 Å². The van der Waals surface area contributed by atoms with Gasteiger partial charge in [-0.25, -0.2) is 8.42 Å². The number of sulfonamides is 1. The van der Waals surface area contributed by atoms with Gasteiger partial charge in [0.1, 0.15) is 13.2 Å². The minimum Gasteiger partial charge on any atom is -0.462 e. The summed E-state index contributed by atoms with van der Waals surface area (Å²) in [5, 5.41) is 0. The molecule has 1 N–H and O–H groups in total. The lowest BCUT2D eigenvalue weighted by Crippen LogP contribution is -2.32. The first kappa shape index (κ1) is 33.4. The molecule has 1 aliphatic carbocycles. The Morgan fingerprint density at radius 3 is 1.88 bits per heavy atom. The number of rotatable bonds is 22. The number of nitrogens with one attached hydrogen (secondary N) is 1. The maximum atomic E-state index is 12.7. The molecule has 0 heterocycles. The second-order valence-corrected chi connectivity index (χ2v) is 9.70. The number of hydrogen-bond acceptors (Lipinski definition) is 11. The molecule has 1 aliphatic rings. The third kappa shape index (κ3) is 12.1. The Hall–Kier alpha value is -2.85. The molecule has 0 atom stereocenters. The van der Waals surface area contributed by atoms with Gasteiger partial charge in [-0.1, -0.05) is 12.1 Å². The van der Waals surface area contributed by atoms with Crippen LogP contribution in [0.3, 0.4) is 0 Å². The smallest absolute Gasteiger partial charge is 0.362 e. The van der Waals surface area contributed by atoms with E-state index in [1.807, 2.05) is 0 Å². The standard InChI is InChI=1S/C25H35N3O11S/c1-33-7-8-34-9-10-35-11-12-36-13-14-37-15-16-38-17-18-39-24(29)19-27-40(31,32)23-4-2-3-21-20(23)5-6-22(28-26)25(21)30/h2-6,27H,7-19H2,1H3. The van der Waals surface area contributed by atoms with Crippen molar-refractivity contribution < 1.29 is 56.0 Å². The SMILES string of the molecule is COCCOCCOCCOCCOCCOCCOC(=O)CNS(=O)(=O)c1cccc2c1C=CC(=[N+]=[N-])C2=O. The summed E-state index contributed by atoms with van der Waals surface area (Å²) in [5.74, 6) is -1.41. The van der Waals surface area contributed by atoms with Crippen LogP contribution >= 0.6 is 0 Å². The second-order valence-electron chi connectivity index (χ2n) is 7.96. The molecular formula is C25H35N3O11S. The summed E-state index contributed by atoms with van der Waals surface area (Å²) in [6.07, 6.45) is 2.56. The molecule has 0 saturated heterocycles. The molecule has 222 valence electrons. The Bertz CT molecular complexity index is 1130. The van der Waals surface area contributed by atoms with Crippen molar-refractivity contribution in [3.63, 3.8) is 0 Å². The Morgan fingerprint density at radius 1 is 0.825 bits per heavy atom. The zero-order chi connectivity index (χ0) is 29.1. The molecule has 0 amide bonds. The number of carbonyl (C=O) groups excluding carboxylic acids is 2. The number of ether oxygens (including phenoxy) is 7. The molecule has 0 spiro atoms. The largest absolute Gasteiger partial charge is 0.462 e. The van der Waals surface area contributed by atoms with E-state index in [4.69, 9.17) is 38.7 Å². The average Bonchev–Trinajstić information content (AvgIpc) is 2.95. The maximum absolute atomic E-state index is 12.7. The van der Waals surface area contributed by atoms with E-state index >= 15 is 0 Å². The molecule has 0 bridgehead atoms. The van der Waals surface area contributed by atoms with Gasteiger partial charge in [-0.15, -0.1) is 0 Å². The van der Waals surface area contributed by atoms with Crippen molar-refractivity contribution in [2.75, 3.05) is 92.9 Å². The molecule has 14 nitrogen and oxygen atoms in total. The van der Waals surface area contributed by atoms with Crippen molar-refractivity contribution in [3.05, 3.63) is 40.9 Å². The highest BCUT2D eigenvalue weighted by Crippen LogP contribution is 2.25. The quantitative estimate of drug-likeness (QED) is 0.0844. The summed E-state index contributed by atoms with van der Waals surface area (Å²) in [5.41, 5.74) is 8.87. The first-order chi connectivity index (χ1) is 19.4. The number of methoxy groups -OCH3 is 1. The number of carbonyl (C=O) groups is 2. The molecule has 0 saturated carbocycles. The van der Waals surface area contributed by atoms with Crippen LogP contribution in [0, 0.1) is 0 Å². The Kier molecular flexibility index (Phi) is 16.1. The summed E-state index contributed by atoms with van der Waals surface area (Å²) >= 11 is 0. The summed E-state index contributed by atoms with van der Waals surface area (Å²) in [6.45, 7) is 3.86. The van der Waals surface area contributed by atoms with Crippen LogP contribution < -0.4 is 4.72 Å². The van der Waals surface area contributed by atoms with Gasteiger partial charge in [-0.05, 0) is 12.1 Å². The minimum atomic E-state index is -4.14. The van der Waals surface area contributed by atoms with Gasteiger partial charge in [0.2, 0.25) is 10.0 Å². The molecule has 0 unspecified atom stereocenters. The predicted octanol–water partition coefficient (Wildman–Crippen LogP) is 0.118. The maximum Gasteiger partial charge on any atom is 0.362 e. The van der Waals surface area contributed by atoms with Crippen molar-refractivity contribution in [2.45, 2.75) is 4.90 Å². The van der Waals surface area contributed by atoms with Crippen LogP contribution in [-0.2, 0) is 48.0 Å². The topological polar surface area (TPSA) is 181 Å². The number of hydrogen-bond donors (Lipinski definition) is 1. The van der Waals surface area contributed by atoms with Gasteiger partial charge in [-0.3, -0.25) is 9.59 Å². The fraction of sp³-hybridized carbons (Fsp3) is 0.560. The third-order valence-corrected chi connectivity index (χ3v) is 6.62. The van der Waals surface area contributed by atoms with E-state index in [1.165, 1.54) is 30.4 Å². The highest BCUT2D eigenvalue weighted by molar-refractivity contribution is 7.89. The van der Waals surface area contributed by atoms with Crippen LogP contribution in [-0.4, -0.2) is 124 Å². The lowest BCUT2D eigenvalue weighted by Gasteiger charge is -2.13. The zero-order valence-electron chi connectivity index (χ0n) is 22.4. The molecule has 1 aromatic rings. The molecule has 0 aliphatic heterocycles. The van der Waals surface area contributed by atoms with Gasteiger partial charge in [0, 0.05) is 24.3 Å². The highest BCUT2D eigenvalue weighted by atomic mass is 32.2. The Labute approximate surface area is 233 Å². The average molecular weight is 586 g/mol. The van der Waals surface area contributed by atoms with E-state index in [1.54, 1.807) is 7.11 Å². The lowest BCUT2D eigenvalue weighted by atomic mass is 9.95. The third-order valence-electron chi connectivity index (χ3n) is 5.17. The Morgan fingerprint density at radius 2 is 1.35 bits per heavy atom. The van der Waals surface area contributed by atoms with Crippen molar-refractivity contribution in [2.24, 2.45) is 0 Å². The highest BCUT2D eigenvalue weighted by Gasteiger charge is 2.30. The fourth-order valence-corrected chi connectivity index (χ4v) is 4.41. The van der Waals surface area contributed by atoms with Crippen LogP contribution in [0.15, 0.2) is 29.2 Å². The van der Waals surface area contributed by atoms with Crippen LogP contribution in [0.25, 0.3) is 11.6 Å². The van der Waals surface area contributed by atoms with E-state index < -0.39 is 28.3 Å². The molecule has 0 aromatic heterocycles. The van der Waals surface area contributed by atoms with Gasteiger partial charge >= 0.3 is 11.7 Å². The first-order valence-corrected chi connectivity index (χ1v) is 14.0. The first-order valence-electron chi connectivity index (χ1n) is 12.5.